The molecule has 126 valence electrons. The number of Topliss-reactive ketones (excluding diaryl/α,β-unsaturated/α-hetero) is 2. The zero-order valence-electron chi connectivity index (χ0n) is 13.8. The van der Waals surface area contributed by atoms with Gasteiger partial charge in [0.15, 0.2) is 17.5 Å². The van der Waals surface area contributed by atoms with Gasteiger partial charge in [-0.3, -0.25) is 19.2 Å². The van der Waals surface area contributed by atoms with E-state index >= 15 is 0 Å². The quantitative estimate of drug-likeness (QED) is 0.550. The number of hydrogen-bond acceptors (Lipinski definition) is 4. The first-order chi connectivity index (χ1) is 10.6. The van der Waals surface area contributed by atoms with Crippen LogP contribution in [0.1, 0.15) is 47.0 Å². The van der Waals surface area contributed by atoms with Crippen LogP contribution in [-0.4, -0.2) is 33.7 Å². The van der Waals surface area contributed by atoms with Gasteiger partial charge in [0.1, 0.15) is 0 Å². The van der Waals surface area contributed by atoms with Crippen LogP contribution >= 0.6 is 0 Å². The summed E-state index contributed by atoms with van der Waals surface area (Å²) in [6.07, 6.45) is 0.788. The predicted octanol–water partition coefficient (Wildman–Crippen LogP) is 2.38. The standard InChI is InChI=1S/C17H22O6/c1-8(7-13(16(20)21)17(22)23)5-6-12-11(4)14(18)9(2)10(3)15(12)19/h8,13H,5-7H2,1-4H3,(H,20,21)(H,22,23). The van der Waals surface area contributed by atoms with Crippen LogP contribution in [-0.2, 0) is 19.2 Å². The van der Waals surface area contributed by atoms with Gasteiger partial charge in [0.2, 0.25) is 0 Å². The largest absolute Gasteiger partial charge is 0.481 e. The molecule has 1 aliphatic rings. The average Bonchev–Trinajstić information content (AvgIpc) is 2.48. The van der Waals surface area contributed by atoms with E-state index in [1.165, 1.54) is 0 Å². The minimum Gasteiger partial charge on any atom is -0.481 e. The number of carboxylic acid groups (broad SMARTS) is 2. The van der Waals surface area contributed by atoms with Gasteiger partial charge in [0.05, 0.1) is 0 Å². The zero-order chi connectivity index (χ0) is 17.9. The van der Waals surface area contributed by atoms with Crippen molar-refractivity contribution < 1.29 is 29.4 Å². The van der Waals surface area contributed by atoms with E-state index < -0.39 is 17.9 Å². The van der Waals surface area contributed by atoms with Gasteiger partial charge in [0.25, 0.3) is 0 Å². The molecule has 0 aliphatic heterocycles. The Morgan fingerprint density at radius 1 is 0.913 bits per heavy atom. The molecule has 0 aromatic carbocycles. The molecule has 0 bridgehead atoms. The maximum absolute atomic E-state index is 12.3. The molecule has 0 radical (unpaired) electrons. The number of aliphatic carboxylic acids is 2. The number of carboxylic acids is 2. The van der Waals surface area contributed by atoms with E-state index in [1.54, 1.807) is 27.7 Å². The van der Waals surface area contributed by atoms with Crippen molar-refractivity contribution in [3.63, 3.8) is 0 Å². The lowest BCUT2D eigenvalue weighted by Gasteiger charge is -2.20. The van der Waals surface area contributed by atoms with Crippen LogP contribution in [0.15, 0.2) is 22.3 Å². The van der Waals surface area contributed by atoms with Crippen molar-refractivity contribution in [3.8, 4) is 0 Å². The molecule has 0 aromatic heterocycles. The van der Waals surface area contributed by atoms with E-state index in [9.17, 15) is 19.2 Å². The fourth-order valence-corrected chi connectivity index (χ4v) is 2.67. The van der Waals surface area contributed by atoms with Gasteiger partial charge in [0, 0.05) is 22.3 Å². The molecule has 23 heavy (non-hydrogen) atoms. The molecule has 6 heteroatoms. The number of hydrogen-bond donors (Lipinski definition) is 2. The molecule has 1 aliphatic carbocycles. The minimum atomic E-state index is -1.45. The topological polar surface area (TPSA) is 109 Å². The highest BCUT2D eigenvalue weighted by molar-refractivity contribution is 6.24. The summed E-state index contributed by atoms with van der Waals surface area (Å²) in [4.78, 5) is 46.2. The summed E-state index contributed by atoms with van der Waals surface area (Å²) in [6, 6.07) is 0. The summed E-state index contributed by atoms with van der Waals surface area (Å²) in [5.41, 5.74) is 1.78. The minimum absolute atomic E-state index is 0.00696. The van der Waals surface area contributed by atoms with Crippen LogP contribution in [0, 0.1) is 11.8 Å². The third-order valence-corrected chi connectivity index (χ3v) is 4.43. The lowest BCUT2D eigenvalue weighted by atomic mass is 9.82. The highest BCUT2D eigenvalue weighted by atomic mass is 16.4. The normalized spacial score (nSPS) is 17.1. The molecule has 0 amide bonds. The predicted molar refractivity (Wildman–Crippen MR) is 82.9 cm³/mol. The maximum atomic E-state index is 12.3. The Balaban J connectivity index is 2.78. The number of carbonyl (C=O) groups excluding carboxylic acids is 2. The summed E-state index contributed by atoms with van der Waals surface area (Å²) >= 11 is 0. The third-order valence-electron chi connectivity index (χ3n) is 4.43. The second-order valence-corrected chi connectivity index (χ2v) is 6.12. The average molecular weight is 322 g/mol. The Labute approximate surface area is 134 Å². The van der Waals surface area contributed by atoms with Crippen molar-refractivity contribution in [3.05, 3.63) is 22.3 Å². The van der Waals surface area contributed by atoms with Crippen molar-refractivity contribution in [2.24, 2.45) is 11.8 Å². The second kappa shape index (κ2) is 7.35. The van der Waals surface area contributed by atoms with Gasteiger partial charge >= 0.3 is 11.9 Å². The van der Waals surface area contributed by atoms with Crippen LogP contribution in [0.2, 0.25) is 0 Å². The third kappa shape index (κ3) is 4.15. The molecule has 0 fully saturated rings. The lowest BCUT2D eigenvalue weighted by Crippen LogP contribution is -2.26. The number of ketones is 2. The second-order valence-electron chi connectivity index (χ2n) is 6.12. The fraction of sp³-hybridized carbons (Fsp3) is 0.529. The summed E-state index contributed by atoms with van der Waals surface area (Å²) < 4.78 is 0. The van der Waals surface area contributed by atoms with Gasteiger partial charge in [-0.15, -0.1) is 0 Å². The first-order valence-corrected chi connectivity index (χ1v) is 7.50. The van der Waals surface area contributed by atoms with Crippen molar-refractivity contribution in [2.45, 2.75) is 47.0 Å². The van der Waals surface area contributed by atoms with E-state index in [-0.39, 0.29) is 23.9 Å². The van der Waals surface area contributed by atoms with Gasteiger partial charge < -0.3 is 10.2 Å². The number of rotatable bonds is 7. The van der Waals surface area contributed by atoms with Crippen molar-refractivity contribution in [1.82, 2.24) is 0 Å². The van der Waals surface area contributed by atoms with E-state index in [2.05, 4.69) is 0 Å². The van der Waals surface area contributed by atoms with Gasteiger partial charge in [-0.1, -0.05) is 6.92 Å². The molecule has 0 saturated heterocycles. The van der Waals surface area contributed by atoms with Crippen molar-refractivity contribution in [2.75, 3.05) is 0 Å². The van der Waals surface area contributed by atoms with Crippen LogP contribution < -0.4 is 0 Å². The summed E-state index contributed by atoms with van der Waals surface area (Å²) in [5.74, 6) is -4.66. The molecular formula is C17H22O6. The Kier molecular flexibility index (Phi) is 6.01. The van der Waals surface area contributed by atoms with Crippen LogP contribution in [0.25, 0.3) is 0 Å². The monoisotopic (exact) mass is 322 g/mol. The molecule has 6 nitrogen and oxygen atoms in total. The first-order valence-electron chi connectivity index (χ1n) is 7.50. The van der Waals surface area contributed by atoms with Gasteiger partial charge in [-0.05, 0) is 46.0 Å². The van der Waals surface area contributed by atoms with Crippen LogP contribution in [0.4, 0.5) is 0 Å². The molecular weight excluding hydrogens is 300 g/mol. The van der Waals surface area contributed by atoms with Crippen molar-refractivity contribution in [1.29, 1.82) is 0 Å². The SMILES string of the molecule is CC1=C(C)C(=O)C(CCC(C)CC(C(=O)O)C(=O)O)=C(C)C1=O. The summed E-state index contributed by atoms with van der Waals surface area (Å²) in [6.45, 7) is 6.62. The van der Waals surface area contributed by atoms with Gasteiger partial charge in [-0.25, -0.2) is 0 Å². The smallest absolute Gasteiger partial charge is 0.317 e. The maximum Gasteiger partial charge on any atom is 0.317 e. The van der Waals surface area contributed by atoms with E-state index in [4.69, 9.17) is 10.2 Å². The highest BCUT2D eigenvalue weighted by Crippen LogP contribution is 2.29. The Morgan fingerprint density at radius 2 is 1.39 bits per heavy atom. The molecule has 1 unspecified atom stereocenters. The van der Waals surface area contributed by atoms with E-state index in [0.717, 1.165) is 0 Å². The molecule has 0 aromatic rings. The van der Waals surface area contributed by atoms with Crippen molar-refractivity contribution >= 4 is 23.5 Å². The number of carbonyl (C=O) groups is 4. The zero-order valence-corrected chi connectivity index (χ0v) is 13.8. The number of allylic oxidation sites excluding steroid dienone is 4. The molecule has 0 saturated carbocycles. The molecule has 0 heterocycles. The molecule has 0 spiro atoms. The molecule has 2 N–H and O–H groups in total. The summed E-state index contributed by atoms with van der Waals surface area (Å²) in [7, 11) is 0. The Hall–Kier alpha value is -2.24. The van der Waals surface area contributed by atoms with Crippen LogP contribution in [0.5, 0.6) is 0 Å². The fourth-order valence-electron chi connectivity index (χ4n) is 2.67. The Morgan fingerprint density at radius 3 is 1.87 bits per heavy atom. The Bertz CT molecular complexity index is 609. The van der Waals surface area contributed by atoms with Gasteiger partial charge in [-0.2, -0.15) is 0 Å². The first kappa shape index (κ1) is 18.8. The molecule has 1 rings (SSSR count). The van der Waals surface area contributed by atoms with E-state index in [0.29, 0.717) is 35.1 Å². The van der Waals surface area contributed by atoms with Crippen LogP contribution in [0.3, 0.4) is 0 Å². The molecule has 1 atom stereocenters. The van der Waals surface area contributed by atoms with E-state index in [1.807, 2.05) is 0 Å². The lowest BCUT2D eigenvalue weighted by molar-refractivity contribution is -0.155. The highest BCUT2D eigenvalue weighted by Gasteiger charge is 2.30. The summed E-state index contributed by atoms with van der Waals surface area (Å²) in [5, 5.41) is 17.8.